The smallest absolute Gasteiger partial charge is 0.265 e. The molecule has 0 fully saturated rings. The van der Waals surface area contributed by atoms with Crippen molar-refractivity contribution >= 4 is 17.4 Å². The molecule has 0 unspecified atom stereocenters. The molecule has 1 aromatic heterocycles. The van der Waals surface area contributed by atoms with Gasteiger partial charge in [-0.25, -0.2) is 4.68 Å². The molecule has 0 aliphatic rings. The number of methoxy groups -OCH3 is 1. The summed E-state index contributed by atoms with van der Waals surface area (Å²) in [6.45, 7) is -0.266. The molecule has 104 valence electrons. The van der Waals surface area contributed by atoms with Gasteiger partial charge in [0.25, 0.3) is 11.1 Å². The minimum absolute atomic E-state index is 0.266. The highest BCUT2D eigenvalue weighted by molar-refractivity contribution is 6.32. The van der Waals surface area contributed by atoms with E-state index in [0.717, 1.165) is 16.8 Å². The van der Waals surface area contributed by atoms with Crippen LogP contribution < -0.4 is 15.9 Å². The molecule has 2 aromatic rings. The molecule has 2 rings (SSSR count). The van der Waals surface area contributed by atoms with Gasteiger partial charge in [-0.2, -0.15) is 0 Å². The van der Waals surface area contributed by atoms with Crippen LogP contribution >= 0.6 is 11.6 Å². The van der Waals surface area contributed by atoms with Gasteiger partial charge in [0.1, 0.15) is 12.3 Å². The fourth-order valence-electron chi connectivity index (χ4n) is 1.65. The van der Waals surface area contributed by atoms with Crippen molar-refractivity contribution in [3.05, 3.63) is 61.6 Å². The Morgan fingerprint density at radius 2 is 2.05 bits per heavy atom. The van der Waals surface area contributed by atoms with E-state index in [2.05, 4.69) is 5.10 Å². The molecule has 20 heavy (non-hydrogen) atoms. The lowest BCUT2D eigenvalue weighted by atomic mass is 10.1. The summed E-state index contributed by atoms with van der Waals surface area (Å²) in [6.07, 6.45) is 0. The predicted molar refractivity (Wildman–Crippen MR) is 73.7 cm³/mol. The van der Waals surface area contributed by atoms with Crippen molar-refractivity contribution in [1.29, 1.82) is 0 Å². The Labute approximate surface area is 118 Å². The van der Waals surface area contributed by atoms with Crippen LogP contribution in [-0.4, -0.2) is 22.7 Å². The number of carbonyl (C=O) groups is 1. The molecular weight excluding hydrogens is 284 g/mol. The number of rotatable bonds is 4. The molecule has 0 saturated heterocycles. The molecule has 7 heteroatoms. The van der Waals surface area contributed by atoms with Crippen molar-refractivity contribution in [3.8, 4) is 5.75 Å². The van der Waals surface area contributed by atoms with E-state index in [1.54, 1.807) is 12.1 Å². The number of H-pyrrole nitrogens is 1. The van der Waals surface area contributed by atoms with Crippen molar-refractivity contribution in [2.45, 2.75) is 6.54 Å². The number of aromatic nitrogens is 2. The summed E-state index contributed by atoms with van der Waals surface area (Å²) < 4.78 is 5.93. The van der Waals surface area contributed by atoms with Crippen molar-refractivity contribution < 1.29 is 9.53 Å². The van der Waals surface area contributed by atoms with Crippen molar-refractivity contribution in [3.63, 3.8) is 0 Å². The fourth-order valence-corrected chi connectivity index (χ4v) is 1.91. The van der Waals surface area contributed by atoms with Crippen LogP contribution in [-0.2, 0) is 6.54 Å². The van der Waals surface area contributed by atoms with Crippen LogP contribution in [0.25, 0.3) is 0 Å². The number of benzene rings is 1. The summed E-state index contributed by atoms with van der Waals surface area (Å²) in [7, 11) is 1.47. The first-order chi connectivity index (χ1) is 9.51. The first-order valence-corrected chi connectivity index (χ1v) is 6.06. The molecule has 6 nitrogen and oxygen atoms in total. The lowest BCUT2D eigenvalue weighted by molar-refractivity contribution is 0.0965. The zero-order valence-corrected chi connectivity index (χ0v) is 11.3. The standard InChI is InChI=1S/C13H11ClN2O4/c1-20-11-3-2-8(6-9(11)14)10(17)7-16-13(19)5-4-12(18)15-16/h2-6H,7H2,1H3,(H,15,18). The van der Waals surface area contributed by atoms with Crippen LogP contribution in [0.15, 0.2) is 39.9 Å². The van der Waals surface area contributed by atoms with Gasteiger partial charge in [-0.1, -0.05) is 11.6 Å². The molecule has 0 aliphatic heterocycles. The van der Waals surface area contributed by atoms with Gasteiger partial charge in [-0.05, 0) is 18.2 Å². The summed E-state index contributed by atoms with van der Waals surface area (Å²) >= 11 is 5.93. The van der Waals surface area contributed by atoms with Crippen molar-refractivity contribution in [2.75, 3.05) is 7.11 Å². The highest BCUT2D eigenvalue weighted by atomic mass is 35.5. The maximum Gasteiger partial charge on any atom is 0.265 e. The largest absolute Gasteiger partial charge is 0.495 e. The number of ether oxygens (including phenoxy) is 1. The van der Waals surface area contributed by atoms with E-state index in [9.17, 15) is 14.4 Å². The number of Topliss-reactive ketones (excluding diaryl/α,β-unsaturated/α-hetero) is 1. The second-order valence-electron chi connectivity index (χ2n) is 4.01. The SMILES string of the molecule is COc1ccc(C(=O)Cn2[nH]c(=O)ccc2=O)cc1Cl. The monoisotopic (exact) mass is 294 g/mol. The second kappa shape index (κ2) is 5.75. The van der Waals surface area contributed by atoms with Gasteiger partial charge in [-0.3, -0.25) is 19.5 Å². The Morgan fingerprint density at radius 3 is 2.70 bits per heavy atom. The van der Waals surface area contributed by atoms with Crippen LogP contribution in [0, 0.1) is 0 Å². The molecule has 0 saturated carbocycles. The van der Waals surface area contributed by atoms with Gasteiger partial charge < -0.3 is 4.74 Å². The summed E-state index contributed by atoms with van der Waals surface area (Å²) in [5.74, 6) is 0.104. The third-order valence-electron chi connectivity index (χ3n) is 2.66. The topological polar surface area (TPSA) is 81.2 Å². The highest BCUT2D eigenvalue weighted by Crippen LogP contribution is 2.25. The van der Waals surface area contributed by atoms with Gasteiger partial charge in [0.05, 0.1) is 12.1 Å². The van der Waals surface area contributed by atoms with E-state index in [4.69, 9.17) is 16.3 Å². The predicted octanol–water partition coefficient (Wildman–Crippen LogP) is 1.08. The molecular formula is C13H11ClN2O4. The van der Waals surface area contributed by atoms with Gasteiger partial charge in [-0.15, -0.1) is 0 Å². The Kier molecular flexibility index (Phi) is 4.05. The maximum atomic E-state index is 12.0. The quantitative estimate of drug-likeness (QED) is 0.856. The summed E-state index contributed by atoms with van der Waals surface area (Å²) in [5, 5.41) is 2.58. The lowest BCUT2D eigenvalue weighted by Crippen LogP contribution is -2.30. The minimum atomic E-state index is -0.461. The van der Waals surface area contributed by atoms with E-state index in [-0.39, 0.29) is 12.3 Å². The normalized spacial score (nSPS) is 10.3. The number of nitrogens with zero attached hydrogens (tertiary/aromatic N) is 1. The first kappa shape index (κ1) is 14.1. The van der Waals surface area contributed by atoms with E-state index < -0.39 is 11.1 Å². The zero-order valence-electron chi connectivity index (χ0n) is 10.6. The average Bonchev–Trinajstić information content (AvgIpc) is 2.42. The van der Waals surface area contributed by atoms with Crippen molar-refractivity contribution in [2.24, 2.45) is 0 Å². The lowest BCUT2D eigenvalue weighted by Gasteiger charge is -2.07. The van der Waals surface area contributed by atoms with Crippen LogP contribution in [0.4, 0.5) is 0 Å². The number of aromatic amines is 1. The molecule has 0 spiro atoms. The van der Waals surface area contributed by atoms with E-state index >= 15 is 0 Å². The van der Waals surface area contributed by atoms with Gasteiger partial charge in [0.2, 0.25) is 0 Å². The van der Waals surface area contributed by atoms with Crippen LogP contribution in [0.1, 0.15) is 10.4 Å². The van der Waals surface area contributed by atoms with Gasteiger partial charge in [0, 0.05) is 17.7 Å². The molecule has 0 aliphatic carbocycles. The molecule has 1 heterocycles. The number of carbonyl (C=O) groups excluding carboxylic acids is 1. The van der Waals surface area contributed by atoms with Crippen LogP contribution in [0.2, 0.25) is 5.02 Å². The molecule has 1 N–H and O–H groups in total. The fraction of sp³-hybridized carbons (Fsp3) is 0.154. The minimum Gasteiger partial charge on any atom is -0.495 e. The summed E-state index contributed by atoms with van der Waals surface area (Å²) in [5.41, 5.74) is -0.588. The third kappa shape index (κ3) is 2.97. The Balaban J connectivity index is 2.28. The zero-order chi connectivity index (χ0) is 14.7. The molecule has 0 bridgehead atoms. The Bertz CT molecular complexity index is 763. The summed E-state index contributed by atoms with van der Waals surface area (Å²) in [4.78, 5) is 34.7. The Morgan fingerprint density at radius 1 is 1.30 bits per heavy atom. The third-order valence-corrected chi connectivity index (χ3v) is 2.96. The van der Waals surface area contributed by atoms with Crippen LogP contribution in [0.3, 0.4) is 0 Å². The van der Waals surface area contributed by atoms with E-state index in [1.807, 2.05) is 0 Å². The van der Waals surface area contributed by atoms with Gasteiger partial charge in [0.15, 0.2) is 5.78 Å². The number of hydrogen-bond donors (Lipinski definition) is 1. The summed E-state index contributed by atoms with van der Waals surface area (Å²) in [6, 6.07) is 6.76. The molecule has 0 radical (unpaired) electrons. The average molecular weight is 295 g/mol. The van der Waals surface area contributed by atoms with E-state index in [1.165, 1.54) is 13.2 Å². The Hall–Kier alpha value is -2.34. The first-order valence-electron chi connectivity index (χ1n) is 5.68. The molecule has 1 aromatic carbocycles. The molecule has 0 atom stereocenters. The second-order valence-corrected chi connectivity index (χ2v) is 4.41. The van der Waals surface area contributed by atoms with Crippen molar-refractivity contribution in [1.82, 2.24) is 9.78 Å². The van der Waals surface area contributed by atoms with Crippen LogP contribution in [0.5, 0.6) is 5.75 Å². The number of hydrogen-bond acceptors (Lipinski definition) is 4. The number of nitrogens with one attached hydrogen (secondary N) is 1. The number of ketones is 1. The van der Waals surface area contributed by atoms with E-state index in [0.29, 0.717) is 16.3 Å². The molecule has 0 amide bonds. The number of halogens is 1. The maximum absolute atomic E-state index is 12.0. The van der Waals surface area contributed by atoms with Gasteiger partial charge >= 0.3 is 0 Å². The highest BCUT2D eigenvalue weighted by Gasteiger charge is 2.11.